The van der Waals surface area contributed by atoms with E-state index in [4.69, 9.17) is 16.1 Å². The Morgan fingerprint density at radius 3 is 2.54 bits per heavy atom. The number of carbonyl (C=O) groups excluding carboxylic acids is 1. The number of benzene rings is 1. The summed E-state index contributed by atoms with van der Waals surface area (Å²) in [5.41, 5.74) is 0.688. The van der Waals surface area contributed by atoms with Crippen LogP contribution in [0.4, 0.5) is 13.2 Å². The molecule has 24 heavy (non-hydrogen) atoms. The van der Waals surface area contributed by atoms with E-state index in [2.05, 4.69) is 10.1 Å². The predicted molar refractivity (Wildman–Crippen MR) is 81.4 cm³/mol. The van der Waals surface area contributed by atoms with Crippen LogP contribution in [0, 0.1) is 0 Å². The standard InChI is InChI=1S/C15H15ClF3N3O2/c1-2-22(9-15(17,18)19)13(23)8-7-12-20-14(21-24-12)10-3-5-11(16)6-4-10/h3-6H,2,7-9H2,1H3. The first-order chi connectivity index (χ1) is 11.3. The van der Waals surface area contributed by atoms with Gasteiger partial charge in [-0.3, -0.25) is 4.79 Å². The van der Waals surface area contributed by atoms with Crippen LogP contribution in [0.2, 0.25) is 5.02 Å². The van der Waals surface area contributed by atoms with Gasteiger partial charge in [-0.05, 0) is 31.2 Å². The van der Waals surface area contributed by atoms with Gasteiger partial charge >= 0.3 is 6.18 Å². The molecule has 0 radical (unpaired) electrons. The first-order valence-electron chi connectivity index (χ1n) is 7.21. The topological polar surface area (TPSA) is 59.2 Å². The molecule has 0 aliphatic rings. The normalized spacial score (nSPS) is 11.5. The fourth-order valence-electron chi connectivity index (χ4n) is 2.04. The molecule has 130 valence electrons. The maximum Gasteiger partial charge on any atom is 0.406 e. The Hall–Kier alpha value is -2.09. The van der Waals surface area contributed by atoms with Crippen molar-refractivity contribution in [3.8, 4) is 11.4 Å². The second-order valence-corrected chi connectivity index (χ2v) is 5.48. The van der Waals surface area contributed by atoms with Crippen molar-refractivity contribution in [3.63, 3.8) is 0 Å². The molecule has 2 rings (SSSR count). The Kier molecular flexibility index (Phi) is 5.82. The van der Waals surface area contributed by atoms with Crippen LogP contribution in [-0.4, -0.2) is 40.2 Å². The van der Waals surface area contributed by atoms with Gasteiger partial charge in [-0.1, -0.05) is 16.8 Å². The molecule has 0 aliphatic heterocycles. The minimum absolute atomic E-state index is 0.0157. The molecule has 0 fully saturated rings. The number of alkyl halides is 3. The molecule has 1 heterocycles. The Labute approximate surface area is 141 Å². The van der Waals surface area contributed by atoms with Crippen molar-refractivity contribution in [2.24, 2.45) is 0 Å². The van der Waals surface area contributed by atoms with Crippen molar-refractivity contribution in [3.05, 3.63) is 35.2 Å². The number of hydrogen-bond donors (Lipinski definition) is 0. The molecule has 0 saturated carbocycles. The highest BCUT2D eigenvalue weighted by molar-refractivity contribution is 6.30. The lowest BCUT2D eigenvalue weighted by Crippen LogP contribution is -2.38. The van der Waals surface area contributed by atoms with Gasteiger partial charge in [0.05, 0.1) is 0 Å². The Morgan fingerprint density at radius 1 is 1.29 bits per heavy atom. The summed E-state index contributed by atoms with van der Waals surface area (Å²) in [7, 11) is 0. The Bertz CT molecular complexity index is 686. The lowest BCUT2D eigenvalue weighted by Gasteiger charge is -2.21. The van der Waals surface area contributed by atoms with Crippen LogP contribution in [-0.2, 0) is 11.2 Å². The lowest BCUT2D eigenvalue weighted by atomic mass is 10.2. The molecular formula is C15H15ClF3N3O2. The fourth-order valence-corrected chi connectivity index (χ4v) is 2.16. The van der Waals surface area contributed by atoms with Crippen molar-refractivity contribution < 1.29 is 22.5 Å². The smallest absolute Gasteiger partial charge is 0.339 e. The summed E-state index contributed by atoms with van der Waals surface area (Å²) in [4.78, 5) is 16.7. The summed E-state index contributed by atoms with van der Waals surface area (Å²) < 4.78 is 42.2. The molecule has 5 nitrogen and oxygen atoms in total. The van der Waals surface area contributed by atoms with Crippen LogP contribution in [0.1, 0.15) is 19.2 Å². The second kappa shape index (κ2) is 7.65. The quantitative estimate of drug-likeness (QED) is 0.786. The van der Waals surface area contributed by atoms with Gasteiger partial charge in [0, 0.05) is 30.0 Å². The number of rotatable bonds is 6. The molecule has 9 heteroatoms. The van der Waals surface area contributed by atoms with Gasteiger partial charge in [-0.25, -0.2) is 0 Å². The van der Waals surface area contributed by atoms with E-state index in [1.165, 1.54) is 6.92 Å². The second-order valence-electron chi connectivity index (χ2n) is 5.04. The van der Waals surface area contributed by atoms with Crippen molar-refractivity contribution in [1.82, 2.24) is 15.0 Å². The zero-order chi connectivity index (χ0) is 17.7. The van der Waals surface area contributed by atoms with E-state index in [0.29, 0.717) is 16.4 Å². The first-order valence-corrected chi connectivity index (χ1v) is 7.59. The van der Waals surface area contributed by atoms with Gasteiger partial charge < -0.3 is 9.42 Å². The van der Waals surface area contributed by atoms with E-state index >= 15 is 0 Å². The minimum atomic E-state index is -4.42. The van der Waals surface area contributed by atoms with Crippen LogP contribution in [0.5, 0.6) is 0 Å². The van der Waals surface area contributed by atoms with Crippen molar-refractivity contribution in [1.29, 1.82) is 0 Å². The summed E-state index contributed by atoms with van der Waals surface area (Å²) in [5, 5.41) is 4.35. The first kappa shape index (κ1) is 18.3. The molecule has 1 aromatic heterocycles. The molecule has 2 aromatic rings. The maximum atomic E-state index is 12.4. The number of halogens is 4. The van der Waals surface area contributed by atoms with Crippen molar-refractivity contribution >= 4 is 17.5 Å². The predicted octanol–water partition coefficient (Wildman–Crippen LogP) is 3.73. The van der Waals surface area contributed by atoms with Crippen molar-refractivity contribution in [2.75, 3.05) is 13.1 Å². The van der Waals surface area contributed by atoms with Crippen LogP contribution in [0.15, 0.2) is 28.8 Å². The highest BCUT2D eigenvalue weighted by Gasteiger charge is 2.32. The largest absolute Gasteiger partial charge is 0.406 e. The Morgan fingerprint density at radius 2 is 1.96 bits per heavy atom. The average molecular weight is 362 g/mol. The van der Waals surface area contributed by atoms with Gasteiger partial charge in [-0.2, -0.15) is 18.2 Å². The monoisotopic (exact) mass is 361 g/mol. The van der Waals surface area contributed by atoms with Gasteiger partial charge in [0.2, 0.25) is 17.6 Å². The molecule has 0 spiro atoms. The fraction of sp³-hybridized carbons (Fsp3) is 0.400. The molecule has 0 saturated heterocycles. The molecule has 0 bridgehead atoms. The third-order valence-corrected chi connectivity index (χ3v) is 3.48. The summed E-state index contributed by atoms with van der Waals surface area (Å²) in [6.45, 7) is 0.218. The third kappa shape index (κ3) is 5.23. The number of aromatic nitrogens is 2. The zero-order valence-corrected chi connectivity index (χ0v) is 13.6. The Balaban J connectivity index is 1.95. The summed E-state index contributed by atoms with van der Waals surface area (Å²) in [6.07, 6.45) is -4.47. The summed E-state index contributed by atoms with van der Waals surface area (Å²) in [6, 6.07) is 6.77. The van der Waals surface area contributed by atoms with Crippen LogP contribution in [0.3, 0.4) is 0 Å². The molecule has 0 atom stereocenters. The molecule has 1 aromatic carbocycles. The zero-order valence-electron chi connectivity index (χ0n) is 12.8. The van der Waals surface area contributed by atoms with E-state index in [1.807, 2.05) is 0 Å². The van der Waals surface area contributed by atoms with Gasteiger partial charge in [0.15, 0.2) is 0 Å². The summed E-state index contributed by atoms with van der Waals surface area (Å²) >= 11 is 5.79. The number of amides is 1. The number of hydrogen-bond acceptors (Lipinski definition) is 4. The van der Waals surface area contributed by atoms with Crippen LogP contribution < -0.4 is 0 Å². The number of carbonyl (C=O) groups is 1. The molecule has 0 unspecified atom stereocenters. The van der Waals surface area contributed by atoms with E-state index < -0.39 is 18.6 Å². The third-order valence-electron chi connectivity index (χ3n) is 3.23. The van der Waals surface area contributed by atoms with E-state index in [-0.39, 0.29) is 25.3 Å². The molecular weight excluding hydrogens is 347 g/mol. The SMILES string of the molecule is CCN(CC(F)(F)F)C(=O)CCc1nc(-c2ccc(Cl)cc2)no1. The maximum absolute atomic E-state index is 12.4. The van der Waals surface area contributed by atoms with Gasteiger partial charge in [-0.15, -0.1) is 0 Å². The van der Waals surface area contributed by atoms with Crippen LogP contribution >= 0.6 is 11.6 Å². The molecule has 0 aliphatic carbocycles. The summed E-state index contributed by atoms with van der Waals surface area (Å²) in [5.74, 6) is -0.0887. The highest BCUT2D eigenvalue weighted by Crippen LogP contribution is 2.20. The molecule has 0 N–H and O–H groups in total. The van der Waals surface area contributed by atoms with Gasteiger partial charge in [0.1, 0.15) is 6.54 Å². The molecule has 1 amide bonds. The van der Waals surface area contributed by atoms with Crippen molar-refractivity contribution in [2.45, 2.75) is 25.9 Å². The number of nitrogens with zero attached hydrogens (tertiary/aromatic N) is 3. The van der Waals surface area contributed by atoms with E-state index in [1.54, 1.807) is 24.3 Å². The minimum Gasteiger partial charge on any atom is -0.339 e. The number of aryl methyl sites for hydroxylation is 1. The average Bonchev–Trinajstić information content (AvgIpc) is 2.99. The highest BCUT2D eigenvalue weighted by atomic mass is 35.5. The lowest BCUT2D eigenvalue weighted by molar-refractivity contribution is -0.160. The van der Waals surface area contributed by atoms with Gasteiger partial charge in [0.25, 0.3) is 0 Å². The van der Waals surface area contributed by atoms with E-state index in [9.17, 15) is 18.0 Å². The van der Waals surface area contributed by atoms with Crippen LogP contribution in [0.25, 0.3) is 11.4 Å². The van der Waals surface area contributed by atoms with E-state index in [0.717, 1.165) is 4.90 Å².